The number of ether oxygens (including phenoxy) is 1. The molecule has 0 amide bonds. The van der Waals surface area contributed by atoms with E-state index in [4.69, 9.17) is 9.15 Å². The maximum atomic E-state index is 6.48. The number of benzene rings is 6. The predicted molar refractivity (Wildman–Crippen MR) is 222 cm³/mol. The van der Waals surface area contributed by atoms with Crippen molar-refractivity contribution in [2.24, 2.45) is 0 Å². The summed E-state index contributed by atoms with van der Waals surface area (Å²) in [4.78, 5) is 0. The van der Waals surface area contributed by atoms with Crippen molar-refractivity contribution in [1.82, 2.24) is 19.3 Å². The minimum absolute atomic E-state index is 0.413. The summed E-state index contributed by atoms with van der Waals surface area (Å²) in [6.07, 6.45) is 11.7. The highest BCUT2D eigenvalue weighted by molar-refractivity contribution is 6.10. The second-order valence-electron chi connectivity index (χ2n) is 13.0. The maximum absolute atomic E-state index is 6.48. The van der Waals surface area contributed by atoms with Crippen LogP contribution in [0.3, 0.4) is 0 Å². The van der Waals surface area contributed by atoms with Crippen LogP contribution in [0.1, 0.15) is 6.92 Å². The van der Waals surface area contributed by atoms with Gasteiger partial charge in [0.05, 0.1) is 22.1 Å². The Morgan fingerprint density at radius 2 is 1.15 bits per heavy atom. The molecular formula is C48H36N4O2. The molecule has 0 N–H and O–H groups in total. The Balaban J connectivity index is 1.15. The first kappa shape index (κ1) is 32.7. The number of para-hydroxylation sites is 4. The zero-order valence-corrected chi connectivity index (χ0v) is 29.8. The molecule has 0 saturated carbocycles. The Labute approximate surface area is 312 Å². The number of allylic oxidation sites excluding steroid dienone is 6. The van der Waals surface area contributed by atoms with Crippen LogP contribution in [0.5, 0.6) is 5.75 Å². The zero-order chi connectivity index (χ0) is 36.4. The summed E-state index contributed by atoms with van der Waals surface area (Å²) < 4.78 is 17.2. The number of aromatic nitrogens is 4. The van der Waals surface area contributed by atoms with Crippen molar-refractivity contribution in [3.63, 3.8) is 0 Å². The molecule has 9 aromatic rings. The molecule has 0 aliphatic rings. The molecule has 0 atom stereocenters. The first-order chi connectivity index (χ1) is 26.7. The molecule has 3 heterocycles. The molecule has 0 radical (unpaired) electrons. The molecule has 260 valence electrons. The standard InChI is InChI=1S/C48H36N4O2/c1-3-16-33(4-2)17-13-14-28-53-38-19-15-18-34(31-38)47-49-50-48(54-47)35-29-36(51-43-24-9-5-20-39(43)40-21-6-10-25-44(40)51)32-37(30-35)52-45-26-11-7-22-41(45)42-23-8-12-27-46(42)52/h3-27,29-32H,2,28H2,1H3/b14-13+,16-3-,33-17-. The summed E-state index contributed by atoms with van der Waals surface area (Å²) in [6.45, 7) is 6.25. The molecule has 6 heteroatoms. The Morgan fingerprint density at radius 1 is 0.630 bits per heavy atom. The van der Waals surface area contributed by atoms with Gasteiger partial charge in [0.2, 0.25) is 11.8 Å². The molecule has 0 unspecified atom stereocenters. The van der Waals surface area contributed by atoms with Crippen LogP contribution in [0, 0.1) is 0 Å². The van der Waals surface area contributed by atoms with Gasteiger partial charge in [-0.2, -0.15) is 0 Å². The summed E-state index contributed by atoms with van der Waals surface area (Å²) in [6, 6.07) is 48.5. The van der Waals surface area contributed by atoms with Gasteiger partial charge in [-0.05, 0) is 79.2 Å². The van der Waals surface area contributed by atoms with Crippen LogP contribution in [0.2, 0.25) is 0 Å². The van der Waals surface area contributed by atoms with Crippen molar-refractivity contribution < 1.29 is 9.15 Å². The normalized spacial score (nSPS) is 12.3. The summed E-state index contributed by atoms with van der Waals surface area (Å²) in [5.41, 5.74) is 9.09. The number of rotatable bonds is 10. The van der Waals surface area contributed by atoms with Crippen LogP contribution in [0.15, 0.2) is 193 Å². The molecule has 0 fully saturated rings. The van der Waals surface area contributed by atoms with Crippen LogP contribution in [-0.2, 0) is 0 Å². The summed E-state index contributed by atoms with van der Waals surface area (Å²) in [7, 11) is 0. The molecule has 0 aliphatic heterocycles. The molecule has 6 nitrogen and oxygen atoms in total. The van der Waals surface area contributed by atoms with E-state index < -0.39 is 0 Å². The van der Waals surface area contributed by atoms with Gasteiger partial charge in [0.25, 0.3) is 0 Å². The Kier molecular flexibility index (Phi) is 8.54. The van der Waals surface area contributed by atoms with Crippen molar-refractivity contribution in [2.45, 2.75) is 6.92 Å². The third-order valence-electron chi connectivity index (χ3n) is 9.70. The van der Waals surface area contributed by atoms with Crippen LogP contribution >= 0.6 is 0 Å². The van der Waals surface area contributed by atoms with Gasteiger partial charge >= 0.3 is 0 Å². The van der Waals surface area contributed by atoms with Crippen LogP contribution < -0.4 is 4.74 Å². The van der Waals surface area contributed by atoms with Gasteiger partial charge in [0.15, 0.2) is 0 Å². The molecule has 6 aromatic carbocycles. The Morgan fingerprint density at radius 3 is 1.67 bits per heavy atom. The van der Waals surface area contributed by atoms with Crippen LogP contribution in [0.4, 0.5) is 0 Å². The van der Waals surface area contributed by atoms with Crippen molar-refractivity contribution >= 4 is 43.6 Å². The van der Waals surface area contributed by atoms with E-state index in [2.05, 4.69) is 141 Å². The van der Waals surface area contributed by atoms with E-state index in [0.717, 1.165) is 50.1 Å². The van der Waals surface area contributed by atoms with E-state index in [0.29, 0.717) is 24.1 Å². The molecule has 0 spiro atoms. The monoisotopic (exact) mass is 700 g/mol. The van der Waals surface area contributed by atoms with Gasteiger partial charge in [-0.25, -0.2) is 0 Å². The van der Waals surface area contributed by atoms with Crippen LogP contribution in [0.25, 0.3) is 77.9 Å². The van der Waals surface area contributed by atoms with Gasteiger partial charge in [-0.15, -0.1) is 10.2 Å². The van der Waals surface area contributed by atoms with E-state index in [-0.39, 0.29) is 0 Å². The minimum Gasteiger partial charge on any atom is -0.490 e. The van der Waals surface area contributed by atoms with Crippen molar-refractivity contribution in [2.75, 3.05) is 6.61 Å². The average molecular weight is 701 g/mol. The average Bonchev–Trinajstić information content (AvgIpc) is 3.94. The second-order valence-corrected chi connectivity index (χ2v) is 13.0. The van der Waals surface area contributed by atoms with Crippen molar-refractivity contribution in [3.8, 4) is 40.0 Å². The van der Waals surface area contributed by atoms with E-state index in [1.807, 2.05) is 67.6 Å². The fraction of sp³-hybridized carbons (Fsp3) is 0.0417. The second kappa shape index (κ2) is 14.1. The van der Waals surface area contributed by atoms with E-state index in [9.17, 15) is 0 Å². The summed E-state index contributed by atoms with van der Waals surface area (Å²) >= 11 is 0. The minimum atomic E-state index is 0.413. The lowest BCUT2D eigenvalue weighted by Gasteiger charge is -2.14. The summed E-state index contributed by atoms with van der Waals surface area (Å²) in [5, 5.41) is 13.9. The smallest absolute Gasteiger partial charge is 0.248 e. The molecule has 0 bridgehead atoms. The first-order valence-corrected chi connectivity index (χ1v) is 18.0. The molecule has 54 heavy (non-hydrogen) atoms. The SMILES string of the molecule is C=CC(/C=C\C)=C/C=C/COc1cccc(-c2nnc(-c3cc(-n4c5ccccc5c5ccccc54)cc(-n4c5ccccc5c5ccccc54)c3)o2)c1. The quantitative estimate of drug-likeness (QED) is 0.133. The Bertz CT molecular complexity index is 2700. The van der Waals surface area contributed by atoms with Gasteiger partial charge < -0.3 is 18.3 Å². The maximum Gasteiger partial charge on any atom is 0.248 e. The van der Waals surface area contributed by atoms with E-state index >= 15 is 0 Å². The largest absolute Gasteiger partial charge is 0.490 e. The number of fused-ring (bicyclic) bond motifs is 6. The lowest BCUT2D eigenvalue weighted by molar-refractivity contribution is 0.363. The Hall–Kier alpha value is -7.18. The van der Waals surface area contributed by atoms with Crippen molar-refractivity contribution in [3.05, 3.63) is 188 Å². The molecular weight excluding hydrogens is 665 g/mol. The molecule has 9 rings (SSSR count). The topological polar surface area (TPSA) is 58.0 Å². The highest BCUT2D eigenvalue weighted by Gasteiger charge is 2.19. The lowest BCUT2D eigenvalue weighted by Crippen LogP contribution is -2.00. The zero-order valence-electron chi connectivity index (χ0n) is 29.8. The third kappa shape index (κ3) is 5.90. The predicted octanol–water partition coefficient (Wildman–Crippen LogP) is 12.2. The highest BCUT2D eigenvalue weighted by Crippen LogP contribution is 2.38. The lowest BCUT2D eigenvalue weighted by atomic mass is 10.1. The molecule has 3 aromatic heterocycles. The fourth-order valence-electron chi connectivity index (χ4n) is 7.32. The molecule has 0 aliphatic carbocycles. The van der Waals surface area contributed by atoms with E-state index in [1.165, 1.54) is 21.5 Å². The molecule has 0 saturated heterocycles. The number of hydrogen-bond donors (Lipinski definition) is 0. The van der Waals surface area contributed by atoms with Gasteiger partial charge in [-0.3, -0.25) is 0 Å². The first-order valence-electron chi connectivity index (χ1n) is 18.0. The highest BCUT2D eigenvalue weighted by atomic mass is 16.5. The van der Waals surface area contributed by atoms with Crippen molar-refractivity contribution in [1.29, 1.82) is 0 Å². The van der Waals surface area contributed by atoms with Crippen LogP contribution in [-0.4, -0.2) is 25.9 Å². The number of hydrogen-bond acceptors (Lipinski definition) is 4. The third-order valence-corrected chi connectivity index (χ3v) is 9.70. The van der Waals surface area contributed by atoms with E-state index in [1.54, 1.807) is 0 Å². The fourth-order valence-corrected chi connectivity index (χ4v) is 7.32. The van der Waals surface area contributed by atoms with Gasteiger partial charge in [-0.1, -0.05) is 116 Å². The van der Waals surface area contributed by atoms with Gasteiger partial charge in [0, 0.05) is 44.0 Å². The number of nitrogens with zero attached hydrogens (tertiary/aromatic N) is 4. The van der Waals surface area contributed by atoms with Gasteiger partial charge in [0.1, 0.15) is 12.4 Å². The summed E-state index contributed by atoms with van der Waals surface area (Å²) in [5.74, 6) is 1.55.